The molecule has 5 nitrogen and oxygen atoms in total. The van der Waals surface area contributed by atoms with Crippen LogP contribution in [0.4, 0.5) is 5.69 Å². The van der Waals surface area contributed by atoms with Crippen molar-refractivity contribution in [2.75, 3.05) is 25.9 Å². The van der Waals surface area contributed by atoms with E-state index in [1.165, 1.54) is 0 Å². The van der Waals surface area contributed by atoms with Gasteiger partial charge in [-0.1, -0.05) is 13.8 Å². The molecule has 1 aromatic rings. The Bertz CT molecular complexity index is 485. The number of ketones is 1. The van der Waals surface area contributed by atoms with Gasteiger partial charge in [0, 0.05) is 24.2 Å². The standard InChI is InChI=1S/C17H27N3O2/c1-4-16(21)15(20(3)5-2)7-6-12-19-17(22)13-8-10-14(18)11-9-13/h8-11,15H,4-7,12,18H2,1-3H3,(H,19,22)/t15-/m0/s1. The molecule has 0 fully saturated rings. The van der Waals surface area contributed by atoms with E-state index in [-0.39, 0.29) is 17.7 Å². The minimum Gasteiger partial charge on any atom is -0.399 e. The van der Waals surface area contributed by atoms with Gasteiger partial charge in [0.25, 0.3) is 5.91 Å². The molecule has 122 valence electrons. The van der Waals surface area contributed by atoms with Crippen molar-refractivity contribution in [3.8, 4) is 0 Å². The first-order valence-corrected chi connectivity index (χ1v) is 7.86. The number of carbonyl (C=O) groups is 2. The van der Waals surface area contributed by atoms with Crippen LogP contribution in [-0.4, -0.2) is 42.8 Å². The molecular formula is C17H27N3O2. The van der Waals surface area contributed by atoms with Crippen LogP contribution in [0, 0.1) is 0 Å². The highest BCUT2D eigenvalue weighted by Gasteiger charge is 2.19. The molecule has 0 radical (unpaired) electrons. The van der Waals surface area contributed by atoms with Crippen LogP contribution in [-0.2, 0) is 4.79 Å². The summed E-state index contributed by atoms with van der Waals surface area (Å²) in [5, 5.41) is 2.88. The Morgan fingerprint density at radius 1 is 1.23 bits per heavy atom. The zero-order valence-electron chi connectivity index (χ0n) is 13.8. The summed E-state index contributed by atoms with van der Waals surface area (Å²) >= 11 is 0. The molecule has 0 heterocycles. The normalized spacial score (nSPS) is 12.2. The maximum atomic E-state index is 12.0. The number of amides is 1. The molecule has 1 amide bonds. The maximum Gasteiger partial charge on any atom is 0.251 e. The molecule has 0 saturated heterocycles. The summed E-state index contributed by atoms with van der Waals surface area (Å²) in [6, 6.07) is 6.78. The van der Waals surface area contributed by atoms with Gasteiger partial charge in [0.05, 0.1) is 6.04 Å². The van der Waals surface area contributed by atoms with E-state index in [4.69, 9.17) is 5.73 Å². The second kappa shape index (κ2) is 9.20. The first-order chi connectivity index (χ1) is 10.5. The Hall–Kier alpha value is -1.88. The van der Waals surface area contributed by atoms with E-state index in [1.807, 2.05) is 20.9 Å². The fraction of sp³-hybridized carbons (Fsp3) is 0.529. The summed E-state index contributed by atoms with van der Waals surface area (Å²) in [5.41, 5.74) is 6.83. The molecule has 0 bridgehead atoms. The van der Waals surface area contributed by atoms with E-state index < -0.39 is 0 Å². The Morgan fingerprint density at radius 3 is 2.41 bits per heavy atom. The second-order valence-electron chi connectivity index (χ2n) is 5.43. The van der Waals surface area contributed by atoms with Crippen LogP contribution in [0.3, 0.4) is 0 Å². The Balaban J connectivity index is 2.41. The van der Waals surface area contributed by atoms with Gasteiger partial charge in [-0.15, -0.1) is 0 Å². The molecule has 3 N–H and O–H groups in total. The summed E-state index contributed by atoms with van der Waals surface area (Å²) in [6.45, 7) is 5.34. The smallest absolute Gasteiger partial charge is 0.251 e. The summed E-state index contributed by atoms with van der Waals surface area (Å²) in [5.74, 6) is 0.149. The quantitative estimate of drug-likeness (QED) is 0.541. The van der Waals surface area contributed by atoms with Gasteiger partial charge < -0.3 is 11.1 Å². The molecule has 0 unspecified atom stereocenters. The first-order valence-electron chi connectivity index (χ1n) is 7.86. The molecule has 1 aromatic carbocycles. The van der Waals surface area contributed by atoms with Crippen molar-refractivity contribution in [1.82, 2.24) is 10.2 Å². The van der Waals surface area contributed by atoms with Crippen LogP contribution in [0.2, 0.25) is 0 Å². The lowest BCUT2D eigenvalue weighted by Crippen LogP contribution is -2.38. The molecule has 1 atom stereocenters. The minimum absolute atomic E-state index is 0.0524. The number of anilines is 1. The molecular weight excluding hydrogens is 278 g/mol. The summed E-state index contributed by atoms with van der Waals surface area (Å²) in [6.07, 6.45) is 2.09. The SMILES string of the molecule is CCC(=O)[C@H](CCCNC(=O)c1ccc(N)cc1)N(C)CC. The topological polar surface area (TPSA) is 75.4 Å². The Labute approximate surface area is 132 Å². The second-order valence-corrected chi connectivity index (χ2v) is 5.43. The number of rotatable bonds is 9. The van der Waals surface area contributed by atoms with Crippen molar-refractivity contribution >= 4 is 17.4 Å². The van der Waals surface area contributed by atoms with Gasteiger partial charge in [0.1, 0.15) is 5.78 Å². The van der Waals surface area contributed by atoms with Crippen LogP contribution >= 0.6 is 0 Å². The average molecular weight is 305 g/mol. The van der Waals surface area contributed by atoms with Crippen molar-refractivity contribution in [3.63, 3.8) is 0 Å². The third kappa shape index (κ3) is 5.48. The fourth-order valence-corrected chi connectivity index (χ4v) is 2.32. The number of carbonyl (C=O) groups excluding carboxylic acids is 2. The molecule has 0 aliphatic carbocycles. The van der Waals surface area contributed by atoms with Crippen LogP contribution in [0.5, 0.6) is 0 Å². The van der Waals surface area contributed by atoms with Crippen LogP contribution in [0.25, 0.3) is 0 Å². The number of hydrogen-bond donors (Lipinski definition) is 2. The largest absolute Gasteiger partial charge is 0.399 e. The maximum absolute atomic E-state index is 12.0. The van der Waals surface area contributed by atoms with Crippen LogP contribution in [0.1, 0.15) is 43.5 Å². The number of likely N-dealkylation sites (N-methyl/N-ethyl adjacent to an activating group) is 1. The number of nitrogens with zero attached hydrogens (tertiary/aromatic N) is 1. The third-order valence-electron chi connectivity index (χ3n) is 3.86. The average Bonchev–Trinajstić information content (AvgIpc) is 2.54. The summed E-state index contributed by atoms with van der Waals surface area (Å²) in [7, 11) is 1.96. The monoisotopic (exact) mass is 305 g/mol. The van der Waals surface area contributed by atoms with Crippen molar-refractivity contribution in [1.29, 1.82) is 0 Å². The van der Waals surface area contributed by atoms with Gasteiger partial charge >= 0.3 is 0 Å². The number of Topliss-reactive ketones (excluding diaryl/α,β-unsaturated/α-hetero) is 1. The molecule has 5 heteroatoms. The van der Waals surface area contributed by atoms with Crippen molar-refractivity contribution < 1.29 is 9.59 Å². The predicted octanol–water partition coefficient (Wildman–Crippen LogP) is 2.08. The van der Waals surface area contributed by atoms with E-state index in [0.29, 0.717) is 24.2 Å². The highest BCUT2D eigenvalue weighted by atomic mass is 16.1. The fourth-order valence-electron chi connectivity index (χ4n) is 2.32. The lowest BCUT2D eigenvalue weighted by molar-refractivity contribution is -0.123. The molecule has 1 rings (SSSR count). The minimum atomic E-state index is -0.109. The van der Waals surface area contributed by atoms with Crippen molar-refractivity contribution in [2.45, 2.75) is 39.2 Å². The van der Waals surface area contributed by atoms with Gasteiger partial charge in [0.15, 0.2) is 0 Å². The highest BCUT2D eigenvalue weighted by Crippen LogP contribution is 2.09. The number of hydrogen-bond acceptors (Lipinski definition) is 4. The first kappa shape index (κ1) is 18.2. The zero-order valence-corrected chi connectivity index (χ0v) is 13.8. The van der Waals surface area contributed by atoms with E-state index in [9.17, 15) is 9.59 Å². The summed E-state index contributed by atoms with van der Waals surface area (Å²) < 4.78 is 0. The van der Waals surface area contributed by atoms with E-state index in [1.54, 1.807) is 24.3 Å². The van der Waals surface area contributed by atoms with Gasteiger partial charge in [0.2, 0.25) is 0 Å². The molecule has 0 aliphatic heterocycles. The van der Waals surface area contributed by atoms with Gasteiger partial charge in [-0.3, -0.25) is 14.5 Å². The highest BCUT2D eigenvalue weighted by molar-refractivity contribution is 5.94. The van der Waals surface area contributed by atoms with Crippen LogP contribution < -0.4 is 11.1 Å². The molecule has 22 heavy (non-hydrogen) atoms. The molecule has 0 saturated carbocycles. The van der Waals surface area contributed by atoms with Gasteiger partial charge in [-0.25, -0.2) is 0 Å². The number of nitrogens with two attached hydrogens (primary N) is 1. The van der Waals surface area contributed by atoms with Gasteiger partial charge in [-0.05, 0) is 50.7 Å². The van der Waals surface area contributed by atoms with Crippen molar-refractivity contribution in [3.05, 3.63) is 29.8 Å². The molecule has 0 aromatic heterocycles. The lowest BCUT2D eigenvalue weighted by Gasteiger charge is -2.25. The molecule has 0 spiro atoms. The van der Waals surface area contributed by atoms with E-state index >= 15 is 0 Å². The Morgan fingerprint density at radius 2 is 1.86 bits per heavy atom. The zero-order chi connectivity index (χ0) is 16.5. The van der Waals surface area contributed by atoms with Crippen molar-refractivity contribution in [2.24, 2.45) is 0 Å². The predicted molar refractivity (Wildman–Crippen MR) is 89.8 cm³/mol. The molecule has 0 aliphatic rings. The van der Waals surface area contributed by atoms with E-state index in [0.717, 1.165) is 19.4 Å². The Kier molecular flexibility index (Phi) is 7.60. The number of nitrogen functional groups attached to an aromatic ring is 1. The van der Waals surface area contributed by atoms with E-state index in [2.05, 4.69) is 10.2 Å². The van der Waals surface area contributed by atoms with Crippen LogP contribution in [0.15, 0.2) is 24.3 Å². The summed E-state index contributed by atoms with van der Waals surface area (Å²) in [4.78, 5) is 26.0. The number of benzene rings is 1. The lowest BCUT2D eigenvalue weighted by atomic mass is 10.0. The number of nitrogens with one attached hydrogen (secondary N) is 1. The van der Waals surface area contributed by atoms with Gasteiger partial charge in [-0.2, -0.15) is 0 Å². The third-order valence-corrected chi connectivity index (χ3v) is 3.86.